The third-order valence-electron chi connectivity index (χ3n) is 5.22. The maximum Gasteiger partial charge on any atom is 0.330 e. The van der Waals surface area contributed by atoms with Crippen LogP contribution in [0, 0.1) is 5.41 Å². The average Bonchev–Trinajstić information content (AvgIpc) is 2.64. The van der Waals surface area contributed by atoms with Crippen LogP contribution < -0.4 is 15.4 Å². The highest BCUT2D eigenvalue weighted by molar-refractivity contribution is 5.97. The Morgan fingerprint density at radius 1 is 1.30 bits per heavy atom. The zero-order valence-electron chi connectivity index (χ0n) is 16.0. The molecule has 1 fully saturated rings. The van der Waals surface area contributed by atoms with Crippen molar-refractivity contribution in [1.82, 2.24) is 10.6 Å². The molecule has 0 bridgehead atoms. The Bertz CT molecular complexity index is 733. The van der Waals surface area contributed by atoms with Gasteiger partial charge in [-0.2, -0.15) is 0 Å². The smallest absolute Gasteiger partial charge is 0.330 e. The Labute approximate surface area is 158 Å². The van der Waals surface area contributed by atoms with Crippen LogP contribution in [-0.4, -0.2) is 54.8 Å². The predicted octanol–water partition coefficient (Wildman–Crippen LogP) is 1.20. The van der Waals surface area contributed by atoms with E-state index in [2.05, 4.69) is 10.6 Å². The Balaban J connectivity index is 1.99. The quantitative estimate of drug-likeness (QED) is 0.626. The first kappa shape index (κ1) is 20.7. The highest BCUT2D eigenvalue weighted by Gasteiger charge is 2.66. The molecular formula is C19H26N2O6. The van der Waals surface area contributed by atoms with Gasteiger partial charge in [-0.25, -0.2) is 4.79 Å². The summed E-state index contributed by atoms with van der Waals surface area (Å²) in [5.41, 5.74) is -1.86. The number of nitrogens with one attached hydrogen (secondary N) is 2. The molecule has 1 saturated carbocycles. The number of aliphatic carboxylic acids is 1. The summed E-state index contributed by atoms with van der Waals surface area (Å²) in [5, 5.41) is 14.8. The van der Waals surface area contributed by atoms with E-state index in [4.69, 9.17) is 9.47 Å². The molecule has 2 unspecified atom stereocenters. The number of benzene rings is 1. The van der Waals surface area contributed by atoms with Gasteiger partial charge in [-0.1, -0.05) is 19.9 Å². The number of methoxy groups -OCH3 is 1. The van der Waals surface area contributed by atoms with Crippen molar-refractivity contribution in [3.63, 3.8) is 0 Å². The molecule has 1 aliphatic carbocycles. The lowest BCUT2D eigenvalue weighted by Gasteiger charge is -2.58. The van der Waals surface area contributed by atoms with E-state index in [0.29, 0.717) is 17.9 Å². The summed E-state index contributed by atoms with van der Waals surface area (Å²) in [6, 6.07) is 6.51. The molecule has 1 aromatic carbocycles. The van der Waals surface area contributed by atoms with Crippen molar-refractivity contribution in [2.45, 2.75) is 38.8 Å². The van der Waals surface area contributed by atoms with Crippen molar-refractivity contribution in [2.75, 3.05) is 20.3 Å². The normalized spacial score (nSPS) is 23.0. The molecule has 0 aliphatic heterocycles. The van der Waals surface area contributed by atoms with E-state index in [1.54, 1.807) is 38.1 Å². The Hall–Kier alpha value is -2.61. The topological polar surface area (TPSA) is 114 Å². The molecule has 2 atom stereocenters. The van der Waals surface area contributed by atoms with E-state index in [9.17, 15) is 19.5 Å². The molecular weight excluding hydrogens is 352 g/mol. The van der Waals surface area contributed by atoms with Gasteiger partial charge in [-0.05, 0) is 25.1 Å². The van der Waals surface area contributed by atoms with E-state index < -0.39 is 28.7 Å². The lowest BCUT2D eigenvalue weighted by molar-refractivity contribution is -0.194. The van der Waals surface area contributed by atoms with E-state index in [0.717, 1.165) is 0 Å². The number of ether oxygens (including phenoxy) is 2. The summed E-state index contributed by atoms with van der Waals surface area (Å²) in [7, 11) is 1.49. The van der Waals surface area contributed by atoms with Crippen molar-refractivity contribution in [3.05, 3.63) is 29.8 Å². The van der Waals surface area contributed by atoms with Crippen molar-refractivity contribution in [3.8, 4) is 5.75 Å². The minimum atomic E-state index is -1.43. The summed E-state index contributed by atoms with van der Waals surface area (Å²) in [5.74, 6) is -1.61. The highest BCUT2D eigenvalue weighted by atomic mass is 16.5. The van der Waals surface area contributed by atoms with E-state index in [-0.39, 0.29) is 19.1 Å². The number of hydrogen-bond donors (Lipinski definition) is 3. The largest absolute Gasteiger partial charge is 0.497 e. The number of carbonyl (C=O) groups is 3. The van der Waals surface area contributed by atoms with E-state index in [1.807, 2.05) is 6.92 Å². The van der Waals surface area contributed by atoms with Crippen molar-refractivity contribution >= 4 is 17.8 Å². The van der Waals surface area contributed by atoms with Gasteiger partial charge < -0.3 is 25.2 Å². The summed E-state index contributed by atoms with van der Waals surface area (Å²) >= 11 is 0. The molecule has 1 aromatic rings. The number of carboxylic acid groups (broad SMARTS) is 1. The molecule has 0 saturated heterocycles. The first-order valence-electron chi connectivity index (χ1n) is 8.76. The fourth-order valence-corrected chi connectivity index (χ4v) is 3.35. The maximum absolute atomic E-state index is 12.3. The first-order valence-corrected chi connectivity index (χ1v) is 8.76. The van der Waals surface area contributed by atoms with Crippen molar-refractivity contribution in [2.24, 2.45) is 5.41 Å². The van der Waals surface area contributed by atoms with Gasteiger partial charge >= 0.3 is 5.97 Å². The molecule has 8 nitrogen and oxygen atoms in total. The van der Waals surface area contributed by atoms with Crippen LogP contribution in [0.25, 0.3) is 0 Å². The summed E-state index contributed by atoms with van der Waals surface area (Å²) < 4.78 is 10.6. The van der Waals surface area contributed by atoms with Crippen LogP contribution in [0.1, 0.15) is 37.6 Å². The van der Waals surface area contributed by atoms with Gasteiger partial charge in [-0.3, -0.25) is 9.59 Å². The summed E-state index contributed by atoms with van der Waals surface area (Å²) in [6.07, 6.45) is -0.0797. The van der Waals surface area contributed by atoms with Crippen LogP contribution in [0.5, 0.6) is 5.75 Å². The summed E-state index contributed by atoms with van der Waals surface area (Å²) in [6.45, 7) is 5.47. The number of carboxylic acids is 1. The fraction of sp³-hybridized carbons (Fsp3) is 0.526. The Morgan fingerprint density at radius 2 is 2.00 bits per heavy atom. The SMILES string of the molecule is CCOC1CC(NC(=O)CNC(=O)c2cccc(OC)c2)(C(=O)O)C1(C)C. The monoisotopic (exact) mass is 378 g/mol. The van der Waals surface area contributed by atoms with E-state index >= 15 is 0 Å². The zero-order chi connectivity index (χ0) is 20.2. The second-order valence-electron chi connectivity index (χ2n) is 7.04. The van der Waals surface area contributed by atoms with Gasteiger partial charge in [0.2, 0.25) is 5.91 Å². The predicted molar refractivity (Wildman–Crippen MR) is 97.6 cm³/mol. The minimum absolute atomic E-state index is 0.179. The second kappa shape index (κ2) is 7.96. The van der Waals surface area contributed by atoms with Crippen LogP contribution in [0.3, 0.4) is 0 Å². The van der Waals surface area contributed by atoms with Crippen LogP contribution in [-0.2, 0) is 14.3 Å². The number of rotatable bonds is 8. The maximum atomic E-state index is 12.3. The molecule has 0 heterocycles. The molecule has 0 radical (unpaired) electrons. The van der Waals surface area contributed by atoms with Gasteiger partial charge in [0.05, 0.1) is 19.8 Å². The van der Waals surface area contributed by atoms with Crippen LogP contribution in [0.4, 0.5) is 0 Å². The van der Waals surface area contributed by atoms with Gasteiger partial charge in [-0.15, -0.1) is 0 Å². The number of hydrogen-bond acceptors (Lipinski definition) is 5. The average molecular weight is 378 g/mol. The zero-order valence-corrected chi connectivity index (χ0v) is 16.0. The van der Waals surface area contributed by atoms with Crippen LogP contribution >= 0.6 is 0 Å². The lowest BCUT2D eigenvalue weighted by atomic mass is 9.54. The Kier molecular flexibility index (Phi) is 6.10. The van der Waals surface area contributed by atoms with Gasteiger partial charge in [0.25, 0.3) is 5.91 Å². The third-order valence-corrected chi connectivity index (χ3v) is 5.22. The van der Waals surface area contributed by atoms with Gasteiger partial charge in [0.1, 0.15) is 11.3 Å². The molecule has 27 heavy (non-hydrogen) atoms. The third kappa shape index (κ3) is 3.90. The molecule has 1 aliphatic rings. The highest BCUT2D eigenvalue weighted by Crippen LogP contribution is 2.51. The van der Waals surface area contributed by atoms with Gasteiger partial charge in [0.15, 0.2) is 0 Å². The number of carbonyl (C=O) groups excluding carboxylic acids is 2. The fourth-order valence-electron chi connectivity index (χ4n) is 3.35. The lowest BCUT2D eigenvalue weighted by Crippen LogP contribution is -2.76. The van der Waals surface area contributed by atoms with Crippen molar-refractivity contribution < 1.29 is 29.0 Å². The second-order valence-corrected chi connectivity index (χ2v) is 7.04. The summed E-state index contributed by atoms with van der Waals surface area (Å²) in [4.78, 5) is 36.4. The van der Waals surface area contributed by atoms with Crippen molar-refractivity contribution in [1.29, 1.82) is 0 Å². The minimum Gasteiger partial charge on any atom is -0.497 e. The van der Waals surface area contributed by atoms with Gasteiger partial charge in [0, 0.05) is 24.0 Å². The molecule has 0 spiro atoms. The van der Waals surface area contributed by atoms with Crippen LogP contribution in [0.15, 0.2) is 24.3 Å². The first-order chi connectivity index (χ1) is 12.7. The molecule has 2 rings (SSSR count). The molecule has 2 amide bonds. The molecule has 3 N–H and O–H groups in total. The van der Waals surface area contributed by atoms with E-state index in [1.165, 1.54) is 7.11 Å². The standard InChI is InChI=1S/C19H26N2O6/c1-5-27-14-10-19(17(24)25,18(14,2)3)21-15(22)11-20-16(23)12-7-6-8-13(9-12)26-4/h6-9,14H,5,10-11H2,1-4H3,(H,20,23)(H,21,22)(H,24,25). The molecule has 8 heteroatoms. The number of amides is 2. The van der Waals surface area contributed by atoms with Crippen LogP contribution in [0.2, 0.25) is 0 Å². The molecule has 0 aromatic heterocycles. The Morgan fingerprint density at radius 3 is 2.56 bits per heavy atom. The molecule has 148 valence electrons.